The minimum atomic E-state index is 0.580. The van der Waals surface area contributed by atoms with E-state index in [9.17, 15) is 0 Å². The second-order valence-corrected chi connectivity index (χ2v) is 4.40. The van der Waals surface area contributed by atoms with E-state index in [1.807, 2.05) is 25.1 Å². The highest BCUT2D eigenvalue weighted by Gasteiger charge is 2.20. The fourth-order valence-electron chi connectivity index (χ4n) is 1.85. The van der Waals surface area contributed by atoms with Crippen LogP contribution in [-0.4, -0.2) is 28.2 Å². The predicted molar refractivity (Wildman–Crippen MR) is 62.3 cm³/mol. The zero-order valence-corrected chi connectivity index (χ0v) is 9.68. The topological polar surface area (TPSA) is 63.8 Å². The van der Waals surface area contributed by atoms with Gasteiger partial charge < -0.3 is 9.84 Å². The van der Waals surface area contributed by atoms with Crippen LogP contribution in [0.3, 0.4) is 0 Å². The van der Waals surface area contributed by atoms with Crippen molar-refractivity contribution >= 4 is 0 Å². The maximum atomic E-state index is 5.24. The van der Waals surface area contributed by atoms with E-state index >= 15 is 0 Å². The molecule has 0 amide bonds. The van der Waals surface area contributed by atoms with Gasteiger partial charge in [-0.25, -0.2) is 4.98 Å². The fourth-order valence-corrected chi connectivity index (χ4v) is 1.85. The van der Waals surface area contributed by atoms with E-state index in [2.05, 4.69) is 20.4 Å². The first kappa shape index (κ1) is 10.4. The molecule has 1 N–H and O–H groups in total. The van der Waals surface area contributed by atoms with Crippen molar-refractivity contribution < 1.29 is 4.52 Å². The summed E-state index contributed by atoms with van der Waals surface area (Å²) in [7, 11) is 0. The molecular weight excluding hydrogens is 216 g/mol. The van der Waals surface area contributed by atoms with E-state index in [1.54, 1.807) is 0 Å². The molecule has 0 saturated carbocycles. The normalized spacial score (nSPS) is 15.8. The van der Waals surface area contributed by atoms with Gasteiger partial charge in [-0.2, -0.15) is 4.98 Å². The molecule has 1 aliphatic heterocycles. The number of aromatic nitrogens is 3. The highest BCUT2D eigenvalue weighted by Crippen LogP contribution is 2.16. The summed E-state index contributed by atoms with van der Waals surface area (Å²) in [4.78, 5) is 8.75. The Morgan fingerprint density at radius 3 is 2.94 bits per heavy atom. The molecule has 17 heavy (non-hydrogen) atoms. The molecule has 1 aliphatic rings. The lowest BCUT2D eigenvalue weighted by atomic mass is 10.00. The van der Waals surface area contributed by atoms with E-state index in [1.165, 1.54) is 0 Å². The summed E-state index contributed by atoms with van der Waals surface area (Å²) in [6.45, 7) is 4.03. The van der Waals surface area contributed by atoms with Gasteiger partial charge in [-0.05, 0) is 38.1 Å². The van der Waals surface area contributed by atoms with Gasteiger partial charge in [0, 0.05) is 12.1 Å². The third-order valence-electron chi connectivity index (χ3n) is 2.91. The Morgan fingerprint density at radius 1 is 1.35 bits per heavy atom. The van der Waals surface area contributed by atoms with E-state index < -0.39 is 0 Å². The van der Waals surface area contributed by atoms with Crippen molar-refractivity contribution in [1.29, 1.82) is 0 Å². The van der Waals surface area contributed by atoms with Crippen LogP contribution in [0.1, 0.15) is 11.6 Å². The minimum absolute atomic E-state index is 0.580. The van der Waals surface area contributed by atoms with E-state index in [4.69, 9.17) is 4.52 Å². The molecule has 1 saturated heterocycles. The summed E-state index contributed by atoms with van der Waals surface area (Å²) in [6.07, 6.45) is 0.853. The summed E-state index contributed by atoms with van der Waals surface area (Å²) in [6, 6.07) is 5.79. The predicted octanol–water partition coefficient (Wildman–Crippen LogP) is 1.20. The molecule has 5 nitrogen and oxygen atoms in total. The lowest BCUT2D eigenvalue weighted by molar-refractivity contribution is 0.296. The first-order chi connectivity index (χ1) is 8.31. The molecule has 2 aromatic rings. The molecule has 0 spiro atoms. The zero-order chi connectivity index (χ0) is 11.7. The van der Waals surface area contributed by atoms with Crippen molar-refractivity contribution in [3.8, 4) is 11.5 Å². The molecule has 3 rings (SSSR count). The van der Waals surface area contributed by atoms with Crippen LogP contribution in [0.15, 0.2) is 22.7 Å². The van der Waals surface area contributed by atoms with Crippen molar-refractivity contribution in [2.75, 3.05) is 13.1 Å². The summed E-state index contributed by atoms with van der Waals surface area (Å²) < 4.78 is 5.24. The molecule has 2 aromatic heterocycles. The summed E-state index contributed by atoms with van der Waals surface area (Å²) in [5.74, 6) is 1.92. The Morgan fingerprint density at radius 2 is 2.24 bits per heavy atom. The molecule has 0 aliphatic carbocycles. The molecular formula is C12H14N4O. The summed E-state index contributed by atoms with van der Waals surface area (Å²) in [5, 5.41) is 7.20. The number of pyridine rings is 1. The van der Waals surface area contributed by atoms with Crippen LogP contribution in [-0.2, 0) is 6.42 Å². The average molecular weight is 230 g/mol. The number of rotatable bonds is 3. The Hall–Kier alpha value is -1.75. The van der Waals surface area contributed by atoms with Gasteiger partial charge in [0.2, 0.25) is 11.7 Å². The summed E-state index contributed by atoms with van der Waals surface area (Å²) in [5.41, 5.74) is 1.73. The van der Waals surface area contributed by atoms with Crippen molar-refractivity contribution in [3.05, 3.63) is 29.8 Å². The molecule has 0 bridgehead atoms. The molecule has 0 radical (unpaired) electrons. The van der Waals surface area contributed by atoms with Crippen LogP contribution in [0, 0.1) is 12.8 Å². The number of nitrogens with zero attached hydrogens (tertiary/aromatic N) is 3. The Kier molecular flexibility index (Phi) is 2.60. The van der Waals surface area contributed by atoms with Gasteiger partial charge in [0.1, 0.15) is 5.69 Å². The van der Waals surface area contributed by atoms with Crippen LogP contribution in [0.2, 0.25) is 0 Å². The summed E-state index contributed by atoms with van der Waals surface area (Å²) >= 11 is 0. The van der Waals surface area contributed by atoms with Gasteiger partial charge >= 0.3 is 0 Å². The third-order valence-corrected chi connectivity index (χ3v) is 2.91. The monoisotopic (exact) mass is 230 g/mol. The molecule has 0 atom stereocenters. The van der Waals surface area contributed by atoms with Crippen molar-refractivity contribution in [3.63, 3.8) is 0 Å². The lowest BCUT2D eigenvalue weighted by Crippen LogP contribution is -2.43. The van der Waals surface area contributed by atoms with Crippen molar-refractivity contribution in [1.82, 2.24) is 20.4 Å². The van der Waals surface area contributed by atoms with Gasteiger partial charge in [-0.15, -0.1) is 0 Å². The highest BCUT2D eigenvalue weighted by molar-refractivity contribution is 5.47. The maximum Gasteiger partial charge on any atom is 0.227 e. The van der Waals surface area contributed by atoms with Crippen LogP contribution >= 0.6 is 0 Å². The minimum Gasteiger partial charge on any atom is -0.339 e. The van der Waals surface area contributed by atoms with Gasteiger partial charge in [-0.3, -0.25) is 0 Å². The largest absolute Gasteiger partial charge is 0.339 e. The lowest BCUT2D eigenvalue weighted by Gasteiger charge is -2.25. The fraction of sp³-hybridized carbons (Fsp3) is 0.417. The third kappa shape index (κ3) is 2.19. The maximum absolute atomic E-state index is 5.24. The Bertz CT molecular complexity index is 519. The second kappa shape index (κ2) is 4.25. The van der Waals surface area contributed by atoms with Gasteiger partial charge in [0.25, 0.3) is 0 Å². The molecule has 3 heterocycles. The van der Waals surface area contributed by atoms with Crippen molar-refractivity contribution in [2.45, 2.75) is 13.3 Å². The standard InChI is InChI=1S/C12H14N4O/c1-8-3-2-4-10(14-8)12-15-11(17-16-12)5-9-6-13-7-9/h2-4,9,13H,5-7H2,1H3. The highest BCUT2D eigenvalue weighted by atomic mass is 16.5. The number of aryl methyl sites for hydroxylation is 1. The van der Waals surface area contributed by atoms with E-state index in [0.29, 0.717) is 17.6 Å². The molecule has 0 aromatic carbocycles. The van der Waals surface area contributed by atoms with Gasteiger partial charge in [0.05, 0.1) is 0 Å². The smallest absolute Gasteiger partial charge is 0.227 e. The Labute approximate surface area is 99.3 Å². The van der Waals surface area contributed by atoms with Crippen LogP contribution in [0.25, 0.3) is 11.5 Å². The molecule has 88 valence electrons. The SMILES string of the molecule is Cc1cccc(-c2noc(CC3CNC3)n2)n1. The van der Waals surface area contributed by atoms with E-state index in [0.717, 1.165) is 30.9 Å². The molecule has 0 unspecified atom stereocenters. The van der Waals surface area contributed by atoms with Crippen molar-refractivity contribution in [2.24, 2.45) is 5.92 Å². The van der Waals surface area contributed by atoms with E-state index in [-0.39, 0.29) is 0 Å². The number of nitrogens with one attached hydrogen (secondary N) is 1. The first-order valence-corrected chi connectivity index (χ1v) is 5.78. The zero-order valence-electron chi connectivity index (χ0n) is 9.68. The van der Waals surface area contributed by atoms with Crippen LogP contribution in [0.4, 0.5) is 0 Å². The molecule has 1 fully saturated rings. The second-order valence-electron chi connectivity index (χ2n) is 4.40. The quantitative estimate of drug-likeness (QED) is 0.858. The number of hydrogen-bond acceptors (Lipinski definition) is 5. The molecule has 5 heteroatoms. The number of hydrogen-bond donors (Lipinski definition) is 1. The van der Waals surface area contributed by atoms with Crippen LogP contribution < -0.4 is 5.32 Å². The van der Waals surface area contributed by atoms with Gasteiger partial charge in [0.15, 0.2) is 0 Å². The van der Waals surface area contributed by atoms with Gasteiger partial charge in [-0.1, -0.05) is 11.2 Å². The average Bonchev–Trinajstić information content (AvgIpc) is 2.72. The Balaban J connectivity index is 1.79. The van der Waals surface area contributed by atoms with Crippen LogP contribution in [0.5, 0.6) is 0 Å². The first-order valence-electron chi connectivity index (χ1n) is 5.78.